The van der Waals surface area contributed by atoms with E-state index in [0.29, 0.717) is 0 Å². The van der Waals surface area contributed by atoms with Gasteiger partial charge in [-0.15, -0.1) is 0 Å². The molecule has 1 heterocycles. The van der Waals surface area contributed by atoms with Gasteiger partial charge in [0.1, 0.15) is 5.75 Å². The third-order valence-corrected chi connectivity index (χ3v) is 2.76. The summed E-state index contributed by atoms with van der Waals surface area (Å²) in [5.41, 5.74) is 1.89. The molecule has 15 heavy (non-hydrogen) atoms. The van der Waals surface area contributed by atoms with Crippen molar-refractivity contribution < 1.29 is 4.74 Å². The Morgan fingerprint density at radius 2 is 1.93 bits per heavy atom. The van der Waals surface area contributed by atoms with Crippen LogP contribution in [0.25, 0.3) is 11.3 Å². The highest BCUT2D eigenvalue weighted by Crippen LogP contribution is 2.32. The van der Waals surface area contributed by atoms with E-state index in [9.17, 15) is 0 Å². The second kappa shape index (κ2) is 4.45. The molecule has 1 aromatic carbocycles. The molecule has 2 rings (SSSR count). The van der Waals surface area contributed by atoms with E-state index in [4.69, 9.17) is 4.74 Å². The van der Waals surface area contributed by atoms with E-state index in [0.717, 1.165) is 21.5 Å². The summed E-state index contributed by atoms with van der Waals surface area (Å²) in [6.45, 7) is 0. The molecule has 0 unspecified atom stereocenters. The molecule has 2 aromatic rings. The van der Waals surface area contributed by atoms with Crippen LogP contribution in [-0.4, -0.2) is 12.1 Å². The van der Waals surface area contributed by atoms with Crippen LogP contribution in [0.5, 0.6) is 5.75 Å². The molecule has 0 bridgehead atoms. The minimum absolute atomic E-state index is 0.830. The summed E-state index contributed by atoms with van der Waals surface area (Å²) >= 11 is 3.48. The summed E-state index contributed by atoms with van der Waals surface area (Å²) in [6, 6.07) is 11.7. The number of nitrogens with zero attached hydrogens (tertiary/aromatic N) is 1. The lowest BCUT2D eigenvalue weighted by molar-refractivity contribution is 0.416. The maximum Gasteiger partial charge on any atom is 0.128 e. The van der Waals surface area contributed by atoms with Crippen LogP contribution in [0, 0.1) is 0 Å². The lowest BCUT2D eigenvalue weighted by Gasteiger charge is -2.08. The van der Waals surface area contributed by atoms with Crippen LogP contribution < -0.4 is 4.74 Å². The maximum absolute atomic E-state index is 5.29. The zero-order valence-corrected chi connectivity index (χ0v) is 9.86. The van der Waals surface area contributed by atoms with Crippen molar-refractivity contribution in [3.05, 3.63) is 47.1 Å². The Morgan fingerprint density at radius 3 is 2.67 bits per heavy atom. The Labute approximate surface area is 97.1 Å². The molecule has 0 spiro atoms. The van der Waals surface area contributed by atoms with E-state index in [1.807, 2.05) is 36.4 Å². The number of hydrogen-bond donors (Lipinski definition) is 0. The smallest absolute Gasteiger partial charge is 0.128 e. The number of methoxy groups -OCH3 is 1. The van der Waals surface area contributed by atoms with Crippen molar-refractivity contribution >= 4 is 15.9 Å². The highest BCUT2D eigenvalue weighted by atomic mass is 79.9. The molecular formula is C12H10BrNO. The average Bonchev–Trinajstić information content (AvgIpc) is 2.30. The predicted molar refractivity (Wildman–Crippen MR) is 63.9 cm³/mol. The van der Waals surface area contributed by atoms with Crippen molar-refractivity contribution in [3.8, 4) is 17.0 Å². The number of ether oxygens (including phenoxy) is 1. The van der Waals surface area contributed by atoms with Crippen LogP contribution in [-0.2, 0) is 0 Å². The van der Waals surface area contributed by atoms with Gasteiger partial charge >= 0.3 is 0 Å². The Morgan fingerprint density at radius 1 is 1.13 bits per heavy atom. The van der Waals surface area contributed by atoms with Crippen molar-refractivity contribution in [2.45, 2.75) is 0 Å². The number of pyridine rings is 1. The van der Waals surface area contributed by atoms with Crippen LogP contribution in [0.3, 0.4) is 0 Å². The Hall–Kier alpha value is -1.35. The molecule has 0 atom stereocenters. The molecule has 2 nitrogen and oxygen atoms in total. The van der Waals surface area contributed by atoms with Gasteiger partial charge < -0.3 is 4.74 Å². The lowest BCUT2D eigenvalue weighted by atomic mass is 10.1. The summed E-state index contributed by atoms with van der Waals surface area (Å²) in [5, 5.41) is 0. The van der Waals surface area contributed by atoms with Crippen LogP contribution in [0.15, 0.2) is 47.1 Å². The molecule has 0 radical (unpaired) electrons. The lowest BCUT2D eigenvalue weighted by Crippen LogP contribution is -1.90. The summed E-state index contributed by atoms with van der Waals surface area (Å²) < 4.78 is 6.26. The number of para-hydroxylation sites is 1. The first kappa shape index (κ1) is 10.2. The van der Waals surface area contributed by atoms with Crippen LogP contribution >= 0.6 is 15.9 Å². The number of benzene rings is 1. The topological polar surface area (TPSA) is 22.1 Å². The minimum Gasteiger partial charge on any atom is -0.496 e. The van der Waals surface area contributed by atoms with Crippen LogP contribution in [0.4, 0.5) is 0 Å². The second-order valence-corrected chi connectivity index (χ2v) is 3.89. The standard InChI is InChI=1S/C12H10BrNO/c1-15-11-7-3-2-5-9(11)12-10(13)6-4-8-14-12/h2-8H,1H3. The van der Waals surface area contributed by atoms with Crippen LogP contribution in [0.1, 0.15) is 0 Å². The van der Waals surface area contributed by atoms with Crippen LogP contribution in [0.2, 0.25) is 0 Å². The first-order chi connectivity index (χ1) is 7.33. The van der Waals surface area contributed by atoms with Crippen molar-refractivity contribution in [1.29, 1.82) is 0 Å². The highest BCUT2D eigenvalue weighted by molar-refractivity contribution is 9.10. The number of aromatic nitrogens is 1. The maximum atomic E-state index is 5.29. The molecule has 0 N–H and O–H groups in total. The van der Waals surface area contributed by atoms with Gasteiger partial charge in [0.2, 0.25) is 0 Å². The second-order valence-electron chi connectivity index (χ2n) is 3.03. The van der Waals surface area contributed by atoms with Crippen molar-refractivity contribution in [2.24, 2.45) is 0 Å². The highest BCUT2D eigenvalue weighted by Gasteiger charge is 2.08. The molecule has 0 amide bonds. The van der Waals surface area contributed by atoms with Gasteiger partial charge in [-0.3, -0.25) is 4.98 Å². The van der Waals surface area contributed by atoms with E-state index in [1.165, 1.54) is 0 Å². The summed E-state index contributed by atoms with van der Waals surface area (Å²) in [4.78, 5) is 4.33. The fourth-order valence-corrected chi connectivity index (χ4v) is 1.89. The predicted octanol–water partition coefficient (Wildman–Crippen LogP) is 3.52. The van der Waals surface area contributed by atoms with Gasteiger partial charge in [-0.1, -0.05) is 12.1 Å². The van der Waals surface area contributed by atoms with Gasteiger partial charge in [-0.05, 0) is 40.2 Å². The van der Waals surface area contributed by atoms with E-state index in [-0.39, 0.29) is 0 Å². The zero-order valence-electron chi connectivity index (χ0n) is 8.27. The van der Waals surface area contributed by atoms with Gasteiger partial charge in [0, 0.05) is 16.2 Å². The Balaban J connectivity index is 2.59. The van der Waals surface area contributed by atoms with E-state index >= 15 is 0 Å². The third-order valence-electron chi connectivity index (χ3n) is 2.12. The quantitative estimate of drug-likeness (QED) is 0.827. The van der Waals surface area contributed by atoms with E-state index < -0.39 is 0 Å². The number of rotatable bonds is 2. The SMILES string of the molecule is COc1ccccc1-c1ncccc1Br. The molecule has 0 aliphatic carbocycles. The normalized spacial score (nSPS) is 10.0. The largest absolute Gasteiger partial charge is 0.496 e. The van der Waals surface area contributed by atoms with Gasteiger partial charge in [-0.2, -0.15) is 0 Å². The number of hydrogen-bond acceptors (Lipinski definition) is 2. The molecule has 1 aromatic heterocycles. The fourth-order valence-electron chi connectivity index (χ4n) is 1.42. The molecule has 0 aliphatic rings. The van der Waals surface area contributed by atoms with Gasteiger partial charge in [0.15, 0.2) is 0 Å². The van der Waals surface area contributed by atoms with Gasteiger partial charge in [-0.25, -0.2) is 0 Å². The summed E-state index contributed by atoms with van der Waals surface area (Å²) in [7, 11) is 1.66. The van der Waals surface area contributed by atoms with Gasteiger partial charge in [0.05, 0.1) is 12.8 Å². The molecule has 0 fully saturated rings. The molecule has 0 saturated heterocycles. The number of halogens is 1. The zero-order chi connectivity index (χ0) is 10.7. The molecule has 3 heteroatoms. The van der Waals surface area contributed by atoms with E-state index in [1.54, 1.807) is 13.3 Å². The van der Waals surface area contributed by atoms with Gasteiger partial charge in [0.25, 0.3) is 0 Å². The monoisotopic (exact) mass is 263 g/mol. The van der Waals surface area contributed by atoms with Crippen molar-refractivity contribution in [3.63, 3.8) is 0 Å². The minimum atomic E-state index is 0.830. The Bertz CT molecular complexity index is 471. The van der Waals surface area contributed by atoms with Crippen molar-refractivity contribution in [1.82, 2.24) is 4.98 Å². The molecule has 0 saturated carbocycles. The molecule has 0 aliphatic heterocycles. The summed E-state index contributed by atoms with van der Waals surface area (Å²) in [6.07, 6.45) is 1.77. The van der Waals surface area contributed by atoms with E-state index in [2.05, 4.69) is 20.9 Å². The summed E-state index contributed by atoms with van der Waals surface area (Å²) in [5.74, 6) is 0.830. The first-order valence-corrected chi connectivity index (χ1v) is 5.36. The molecule has 76 valence electrons. The first-order valence-electron chi connectivity index (χ1n) is 4.57. The third kappa shape index (κ3) is 2.02. The Kier molecular flexibility index (Phi) is 3.02. The fraction of sp³-hybridized carbons (Fsp3) is 0.0833. The average molecular weight is 264 g/mol. The molecular weight excluding hydrogens is 254 g/mol. The van der Waals surface area contributed by atoms with Crippen molar-refractivity contribution in [2.75, 3.05) is 7.11 Å².